The minimum Gasteiger partial charge on any atom is -0.495 e. The van der Waals surface area contributed by atoms with Gasteiger partial charge in [-0.3, -0.25) is 0 Å². The molecule has 1 aromatic carbocycles. The Bertz CT molecular complexity index is 360. The predicted octanol–water partition coefficient (Wildman–Crippen LogP) is 2.75. The zero-order chi connectivity index (χ0) is 11.6. The molecule has 84 valence electrons. The summed E-state index contributed by atoms with van der Waals surface area (Å²) < 4.78 is 18.6. The van der Waals surface area contributed by atoms with E-state index in [-0.39, 0.29) is 5.82 Å². The van der Waals surface area contributed by atoms with Crippen molar-refractivity contribution < 1.29 is 9.13 Å². The van der Waals surface area contributed by atoms with Gasteiger partial charge in [-0.25, -0.2) is 4.39 Å². The van der Waals surface area contributed by atoms with Crippen LogP contribution in [0.4, 0.5) is 4.39 Å². The zero-order valence-electron chi connectivity index (χ0n) is 9.43. The first-order valence-corrected chi connectivity index (χ1v) is 5.83. The van der Waals surface area contributed by atoms with Crippen molar-refractivity contribution in [3.8, 4) is 5.75 Å². The summed E-state index contributed by atoms with van der Waals surface area (Å²) in [5.74, 6) is 0.380. The summed E-state index contributed by atoms with van der Waals surface area (Å²) in [4.78, 5) is 0.769. The zero-order valence-corrected chi connectivity index (χ0v) is 10.2. The van der Waals surface area contributed by atoms with E-state index in [2.05, 4.69) is 0 Å². The lowest BCUT2D eigenvalue weighted by Crippen LogP contribution is -2.29. The summed E-state index contributed by atoms with van der Waals surface area (Å²) in [6.45, 7) is 3.66. The van der Waals surface area contributed by atoms with Crippen molar-refractivity contribution in [2.24, 2.45) is 5.73 Å². The molecule has 0 spiro atoms. The molecule has 2 N–H and O–H groups in total. The lowest BCUT2D eigenvalue weighted by Gasteiger charge is -2.23. The number of nitrogens with two attached hydrogens (primary N) is 1. The fraction of sp³-hybridized carbons (Fsp3) is 0.455. The van der Waals surface area contributed by atoms with Crippen LogP contribution in [-0.2, 0) is 5.54 Å². The highest BCUT2D eigenvalue weighted by Crippen LogP contribution is 2.36. The first-order chi connectivity index (χ1) is 6.90. The van der Waals surface area contributed by atoms with Crippen molar-refractivity contribution in [3.63, 3.8) is 0 Å². The molecule has 0 aromatic heterocycles. The first-order valence-electron chi connectivity index (χ1n) is 4.61. The highest BCUT2D eigenvalue weighted by Gasteiger charge is 2.22. The fourth-order valence-electron chi connectivity index (χ4n) is 1.41. The van der Waals surface area contributed by atoms with Gasteiger partial charge in [0.15, 0.2) is 0 Å². The predicted molar refractivity (Wildman–Crippen MR) is 61.9 cm³/mol. The van der Waals surface area contributed by atoms with E-state index in [0.717, 1.165) is 4.90 Å². The van der Waals surface area contributed by atoms with Gasteiger partial charge in [0.25, 0.3) is 0 Å². The van der Waals surface area contributed by atoms with E-state index in [1.807, 2.05) is 20.1 Å². The van der Waals surface area contributed by atoms with Crippen LogP contribution in [0.15, 0.2) is 17.0 Å². The molecule has 0 fully saturated rings. The summed E-state index contributed by atoms with van der Waals surface area (Å²) in [5, 5.41) is 0. The van der Waals surface area contributed by atoms with Crippen molar-refractivity contribution in [1.29, 1.82) is 0 Å². The van der Waals surface area contributed by atoms with Crippen LogP contribution in [0.25, 0.3) is 0 Å². The number of halogens is 1. The summed E-state index contributed by atoms with van der Waals surface area (Å²) in [7, 11) is 1.57. The van der Waals surface area contributed by atoms with Gasteiger partial charge < -0.3 is 10.5 Å². The second-order valence-electron chi connectivity index (χ2n) is 3.91. The van der Waals surface area contributed by atoms with Crippen molar-refractivity contribution in [1.82, 2.24) is 0 Å². The third-order valence-corrected chi connectivity index (χ3v) is 2.88. The van der Waals surface area contributed by atoms with Crippen LogP contribution in [0.2, 0.25) is 0 Å². The maximum atomic E-state index is 13.3. The van der Waals surface area contributed by atoms with Crippen molar-refractivity contribution >= 4 is 11.8 Å². The molecule has 0 saturated carbocycles. The van der Waals surface area contributed by atoms with E-state index in [1.54, 1.807) is 7.11 Å². The third kappa shape index (κ3) is 2.63. The highest BCUT2D eigenvalue weighted by molar-refractivity contribution is 7.98. The number of rotatable bonds is 3. The van der Waals surface area contributed by atoms with Gasteiger partial charge in [-0.2, -0.15) is 0 Å². The van der Waals surface area contributed by atoms with Gasteiger partial charge in [0.1, 0.15) is 11.6 Å². The number of ether oxygens (including phenoxy) is 1. The number of hydrogen-bond acceptors (Lipinski definition) is 3. The molecule has 0 atom stereocenters. The quantitative estimate of drug-likeness (QED) is 0.809. The van der Waals surface area contributed by atoms with Crippen LogP contribution in [0.3, 0.4) is 0 Å². The number of methoxy groups -OCH3 is 1. The molecule has 0 aliphatic rings. The molecule has 0 aliphatic carbocycles. The Balaban J connectivity index is 3.42. The van der Waals surface area contributed by atoms with Crippen molar-refractivity contribution in [2.75, 3.05) is 13.4 Å². The molecule has 0 aliphatic heterocycles. The van der Waals surface area contributed by atoms with Crippen LogP contribution in [0.1, 0.15) is 19.4 Å². The lowest BCUT2D eigenvalue weighted by molar-refractivity contribution is 0.382. The van der Waals surface area contributed by atoms with Crippen molar-refractivity contribution in [2.45, 2.75) is 24.3 Å². The molecule has 0 heterocycles. The number of hydrogen-bond donors (Lipinski definition) is 1. The van der Waals surface area contributed by atoms with Gasteiger partial charge in [-0.15, -0.1) is 11.8 Å². The second kappa shape index (κ2) is 4.41. The van der Waals surface area contributed by atoms with E-state index >= 15 is 0 Å². The largest absolute Gasteiger partial charge is 0.495 e. The van der Waals surface area contributed by atoms with Crippen LogP contribution in [0.5, 0.6) is 5.75 Å². The summed E-state index contributed by atoms with van der Waals surface area (Å²) in [6.07, 6.45) is 1.88. The Morgan fingerprint density at radius 2 is 2.00 bits per heavy atom. The Morgan fingerprint density at radius 1 is 1.40 bits per heavy atom. The summed E-state index contributed by atoms with van der Waals surface area (Å²) in [6, 6.07) is 2.89. The van der Waals surface area contributed by atoms with Gasteiger partial charge in [0.05, 0.1) is 12.0 Å². The Kier molecular flexibility index (Phi) is 3.62. The molecule has 15 heavy (non-hydrogen) atoms. The van der Waals surface area contributed by atoms with Gasteiger partial charge in [-0.05, 0) is 32.2 Å². The normalized spacial score (nSPS) is 11.6. The average Bonchev–Trinajstić information content (AvgIpc) is 2.15. The fourth-order valence-corrected chi connectivity index (χ4v) is 2.02. The molecule has 0 amide bonds. The molecule has 2 nitrogen and oxygen atoms in total. The van der Waals surface area contributed by atoms with Gasteiger partial charge >= 0.3 is 0 Å². The molecule has 1 aromatic rings. The Morgan fingerprint density at radius 3 is 2.40 bits per heavy atom. The highest BCUT2D eigenvalue weighted by atomic mass is 32.2. The first kappa shape index (κ1) is 12.3. The van der Waals surface area contributed by atoms with Crippen LogP contribution < -0.4 is 10.5 Å². The molecular weight excluding hydrogens is 213 g/mol. The lowest BCUT2D eigenvalue weighted by atomic mass is 9.94. The summed E-state index contributed by atoms with van der Waals surface area (Å²) >= 11 is 1.44. The van der Waals surface area contributed by atoms with E-state index in [4.69, 9.17) is 10.5 Å². The maximum absolute atomic E-state index is 13.3. The molecule has 1 rings (SSSR count). The van der Waals surface area contributed by atoms with Crippen LogP contribution >= 0.6 is 11.8 Å². The number of benzene rings is 1. The molecule has 0 radical (unpaired) electrons. The minimum atomic E-state index is -0.613. The SMILES string of the molecule is COc1c(SC)cc(F)cc1C(C)(C)N. The monoisotopic (exact) mass is 229 g/mol. The van der Waals surface area contributed by atoms with E-state index in [1.165, 1.54) is 23.9 Å². The molecule has 0 bridgehead atoms. The Hall–Kier alpha value is -0.740. The minimum absolute atomic E-state index is 0.284. The smallest absolute Gasteiger partial charge is 0.137 e. The molecule has 4 heteroatoms. The van der Waals surface area contributed by atoms with Gasteiger partial charge in [0, 0.05) is 11.1 Å². The van der Waals surface area contributed by atoms with Gasteiger partial charge in [-0.1, -0.05) is 0 Å². The standard InChI is InChI=1S/C11H16FNOS/c1-11(2,13)8-5-7(12)6-9(15-4)10(8)14-3/h5-6H,13H2,1-4H3. The molecule has 0 saturated heterocycles. The van der Waals surface area contributed by atoms with E-state index < -0.39 is 5.54 Å². The second-order valence-corrected chi connectivity index (χ2v) is 4.76. The third-order valence-electron chi connectivity index (χ3n) is 2.14. The molecule has 0 unspecified atom stereocenters. The molecular formula is C11H16FNOS. The Labute approximate surface area is 94.0 Å². The maximum Gasteiger partial charge on any atom is 0.137 e. The number of thioether (sulfide) groups is 1. The van der Waals surface area contributed by atoms with Crippen molar-refractivity contribution in [3.05, 3.63) is 23.5 Å². The topological polar surface area (TPSA) is 35.2 Å². The van der Waals surface area contributed by atoms with E-state index in [0.29, 0.717) is 11.3 Å². The van der Waals surface area contributed by atoms with Crippen LogP contribution in [0, 0.1) is 5.82 Å². The van der Waals surface area contributed by atoms with E-state index in [9.17, 15) is 4.39 Å². The van der Waals surface area contributed by atoms with Gasteiger partial charge in [0.2, 0.25) is 0 Å². The van der Waals surface area contributed by atoms with Crippen LogP contribution in [-0.4, -0.2) is 13.4 Å². The average molecular weight is 229 g/mol. The summed E-state index contributed by atoms with van der Waals surface area (Å²) in [5.41, 5.74) is 6.05.